The van der Waals surface area contributed by atoms with Crippen LogP contribution in [0.2, 0.25) is 0 Å². The van der Waals surface area contributed by atoms with Crippen molar-refractivity contribution < 1.29 is 8.91 Å². The molecule has 1 atom stereocenters. The van der Waals surface area contributed by atoms with Crippen LogP contribution in [0.3, 0.4) is 0 Å². The van der Waals surface area contributed by atoms with Crippen molar-refractivity contribution in [3.05, 3.63) is 0 Å². The highest BCUT2D eigenvalue weighted by molar-refractivity contribution is 7.15. The maximum atomic E-state index is 3.21. The van der Waals surface area contributed by atoms with Gasteiger partial charge in [-0.1, -0.05) is 5.01 Å². The Morgan fingerprint density at radius 1 is 1.57 bits per heavy atom. The number of nitrogens with zero attached hydrogens (tertiary/aromatic N) is 2. The van der Waals surface area contributed by atoms with Crippen molar-refractivity contribution in [2.75, 3.05) is 14.1 Å². The largest absolute Gasteiger partial charge is 1.00 e. The quantitative estimate of drug-likeness (QED) is 0.292. The van der Waals surface area contributed by atoms with Gasteiger partial charge in [-0.15, -0.1) is 4.21 Å². The number of halogens is 1. The average molecular weight is 142 g/mol. The van der Waals surface area contributed by atoms with Crippen LogP contribution in [0.25, 0.3) is 0 Å². The van der Waals surface area contributed by atoms with E-state index in [4.69, 9.17) is 0 Å². The lowest BCUT2D eigenvalue weighted by molar-refractivity contribution is -0.515. The van der Waals surface area contributed by atoms with Crippen LogP contribution in [0, 0.1) is 0 Å². The van der Waals surface area contributed by atoms with E-state index in [0.717, 1.165) is 0 Å². The summed E-state index contributed by atoms with van der Waals surface area (Å²) in [6.45, 7) is 0. The van der Waals surface area contributed by atoms with Gasteiger partial charge in [0, 0.05) is 14.1 Å². The first kappa shape index (κ1) is 10.4. The Kier molecular flexibility index (Phi) is 6.81. The normalized spacial score (nSPS) is 8.00. The molecule has 0 rings (SSSR count). The first-order chi connectivity index (χ1) is 2.64. The van der Waals surface area contributed by atoms with Gasteiger partial charge in [-0.2, -0.15) is 0 Å². The van der Waals surface area contributed by atoms with E-state index < -0.39 is 0 Å². The minimum atomic E-state index is 0. The molecule has 0 aliphatic rings. The molecule has 0 aliphatic heterocycles. The molecule has 0 saturated carbocycles. The summed E-state index contributed by atoms with van der Waals surface area (Å²) in [5.74, 6) is 0. The second kappa shape index (κ2) is 4.58. The van der Waals surface area contributed by atoms with Crippen LogP contribution >= 0.6 is 18.4 Å². The molecule has 0 bridgehead atoms. The van der Waals surface area contributed by atoms with Gasteiger partial charge < -0.3 is 4.70 Å². The molecule has 0 fully saturated rings. The van der Waals surface area contributed by atoms with Crippen molar-refractivity contribution in [3.8, 4) is 0 Å². The highest BCUT2D eigenvalue weighted by Gasteiger charge is 1.89. The predicted octanol–water partition coefficient (Wildman–Crippen LogP) is -2.40. The van der Waals surface area contributed by atoms with Crippen molar-refractivity contribution in [2.45, 2.75) is 0 Å². The fraction of sp³-hybridized carbons (Fsp3) is 1.00. The number of hydrogen-bond acceptors (Lipinski definition) is 0. The van der Waals surface area contributed by atoms with Crippen molar-refractivity contribution in [1.82, 2.24) is 5.01 Å². The Morgan fingerprint density at radius 3 is 1.71 bits per heavy atom. The van der Waals surface area contributed by atoms with Crippen LogP contribution in [0.15, 0.2) is 0 Å². The molecule has 0 aromatic heterocycles. The third-order valence-corrected chi connectivity index (χ3v) is 1.29. The van der Waals surface area contributed by atoms with Crippen molar-refractivity contribution in [2.24, 2.45) is 0 Å². The summed E-state index contributed by atoms with van der Waals surface area (Å²) >= 11 is 0. The Labute approximate surface area is 47.4 Å². The summed E-state index contributed by atoms with van der Waals surface area (Å²) in [6, 6.07) is 0. The lowest BCUT2D eigenvalue weighted by Gasteiger charge is -1.96. The number of hydrazine groups is 1. The number of rotatable bonds is 1. The van der Waals surface area contributed by atoms with Crippen LogP contribution in [0.4, 0.5) is 0 Å². The zero-order valence-corrected chi connectivity index (χ0v) is 6.50. The lowest BCUT2D eigenvalue weighted by Crippen LogP contribution is -3.00. The summed E-state index contributed by atoms with van der Waals surface area (Å²) in [4.78, 5) is 0. The number of hydrogen-bond donors (Lipinski definition) is 0. The van der Waals surface area contributed by atoms with Crippen molar-refractivity contribution in [1.29, 1.82) is 0 Å². The fourth-order valence-corrected chi connectivity index (χ4v) is 0. The topological polar surface area (TPSA) is 6.25 Å². The minimum absolute atomic E-state index is 0. The van der Waals surface area contributed by atoms with Crippen molar-refractivity contribution in [3.63, 3.8) is 0 Å². The van der Waals surface area contributed by atoms with E-state index in [0.29, 0.717) is 0 Å². The van der Waals surface area contributed by atoms with Crippen LogP contribution in [0.1, 0.15) is 0 Å². The van der Waals surface area contributed by atoms with E-state index in [9.17, 15) is 0 Å². The van der Waals surface area contributed by atoms with E-state index in [2.05, 4.69) is 18.4 Å². The van der Waals surface area contributed by atoms with Crippen LogP contribution < -0.4 is 4.70 Å². The van der Waals surface area contributed by atoms with Gasteiger partial charge in [0.2, 0.25) is 9.03 Å². The summed E-state index contributed by atoms with van der Waals surface area (Å²) in [6.07, 6.45) is 0. The molecular weight excluding hydrogens is 133 g/mol. The lowest BCUT2D eigenvalue weighted by atomic mass is 11.2. The molecule has 0 aromatic rings. The molecule has 1 unspecified atom stereocenters. The molecule has 5 heteroatoms. The molecule has 0 heterocycles. The zero-order valence-electron chi connectivity index (χ0n) is 4.35. The highest BCUT2D eigenvalue weighted by Crippen LogP contribution is 1.90. The Morgan fingerprint density at radius 2 is 1.71 bits per heavy atom. The van der Waals surface area contributed by atoms with Gasteiger partial charge in [-0.05, 0) is 0 Å². The molecule has 0 aromatic carbocycles. The van der Waals surface area contributed by atoms with E-state index >= 15 is 0 Å². The Hall–Kier alpha value is 0.420. The minimum Gasteiger partial charge on any atom is -1.00 e. The van der Waals surface area contributed by atoms with E-state index in [1.165, 1.54) is 0 Å². The van der Waals surface area contributed by atoms with Crippen LogP contribution in [-0.2, 0) is 0 Å². The molecule has 7 heavy (non-hydrogen) atoms. The van der Waals surface area contributed by atoms with Gasteiger partial charge in [0.15, 0.2) is 9.39 Å². The summed E-state index contributed by atoms with van der Waals surface area (Å²) < 4.78 is 1.72. The van der Waals surface area contributed by atoms with Gasteiger partial charge in [0.1, 0.15) is 0 Å². The van der Waals surface area contributed by atoms with Crippen LogP contribution in [0.5, 0.6) is 0 Å². The SMILES string of the molecule is CN(C)[N+](=P)P.[F-]. The zero-order chi connectivity index (χ0) is 5.15. The predicted molar refractivity (Wildman–Crippen MR) is 32.0 cm³/mol. The smallest absolute Gasteiger partial charge is 0.216 e. The van der Waals surface area contributed by atoms with Gasteiger partial charge in [0.05, 0.1) is 0 Å². The summed E-state index contributed by atoms with van der Waals surface area (Å²) in [5.41, 5.74) is 0. The van der Waals surface area contributed by atoms with Crippen molar-refractivity contribution >= 4 is 18.4 Å². The molecular formula is C2H9FN2P2. The standard InChI is InChI=1S/C2H9N2P2.FH/c1-3(2)4(5)6;/h5H,6H2,1-2H3;1H/q+1;/p-1. The first-order valence-electron chi connectivity index (χ1n) is 1.58. The third kappa shape index (κ3) is 6.42. The second-order valence-corrected chi connectivity index (χ2v) is 2.66. The maximum absolute atomic E-state index is 3.21. The second-order valence-electron chi connectivity index (χ2n) is 1.19. The molecule has 0 N–H and O–H groups in total. The van der Waals surface area contributed by atoms with Gasteiger partial charge in [0.25, 0.3) is 0 Å². The molecule has 0 radical (unpaired) electrons. The first-order valence-corrected chi connectivity index (χ1v) is 2.54. The highest BCUT2D eigenvalue weighted by atomic mass is 31.1. The van der Waals surface area contributed by atoms with Gasteiger partial charge in [-0.25, -0.2) is 0 Å². The monoisotopic (exact) mass is 142 g/mol. The third-order valence-electron chi connectivity index (χ3n) is 0.431. The molecule has 0 spiro atoms. The molecule has 2 nitrogen and oxygen atoms in total. The molecule has 0 saturated heterocycles. The van der Waals surface area contributed by atoms with E-state index in [1.54, 1.807) is 4.21 Å². The molecule has 0 aliphatic carbocycles. The maximum Gasteiger partial charge on any atom is 0.216 e. The van der Waals surface area contributed by atoms with Gasteiger partial charge in [-0.3, -0.25) is 0 Å². The molecule has 0 amide bonds. The van der Waals surface area contributed by atoms with E-state index in [1.807, 2.05) is 19.1 Å². The molecule has 44 valence electrons. The Balaban J connectivity index is 0. The van der Waals surface area contributed by atoms with E-state index in [-0.39, 0.29) is 4.70 Å². The Bertz CT molecular complexity index is 64.7. The summed E-state index contributed by atoms with van der Waals surface area (Å²) in [7, 11) is 9.51. The fourth-order valence-electron chi connectivity index (χ4n) is 0. The van der Waals surface area contributed by atoms with Crippen LogP contribution in [-0.4, -0.2) is 23.3 Å². The van der Waals surface area contributed by atoms with Gasteiger partial charge >= 0.3 is 0 Å². The average Bonchev–Trinajstić information content (AvgIpc) is 1.36. The summed E-state index contributed by atoms with van der Waals surface area (Å²) in [5, 5.41) is 1.88.